The van der Waals surface area contributed by atoms with E-state index in [4.69, 9.17) is 9.90 Å². The average molecular weight is 600 g/mol. The van der Waals surface area contributed by atoms with Gasteiger partial charge in [-0.05, 0) is 62.9 Å². The van der Waals surface area contributed by atoms with E-state index in [1.54, 1.807) is 26.0 Å². The van der Waals surface area contributed by atoms with Crippen molar-refractivity contribution in [2.45, 2.75) is 70.0 Å². The lowest BCUT2D eigenvalue weighted by Gasteiger charge is -2.42. The summed E-state index contributed by atoms with van der Waals surface area (Å²) in [4.78, 5) is 25.5. The van der Waals surface area contributed by atoms with Crippen LogP contribution in [0.2, 0.25) is 0 Å². The number of piperazine rings is 1. The maximum Gasteiger partial charge on any atom is 0.490 e. The summed E-state index contributed by atoms with van der Waals surface area (Å²) >= 11 is 0. The first kappa shape index (κ1) is 32.2. The first-order valence-corrected chi connectivity index (χ1v) is 14.9. The van der Waals surface area contributed by atoms with Crippen molar-refractivity contribution in [3.8, 4) is 0 Å². The summed E-state index contributed by atoms with van der Waals surface area (Å²) in [5.74, 6) is -3.84. The summed E-state index contributed by atoms with van der Waals surface area (Å²) in [6, 6.07) is 9.05. The first-order chi connectivity index (χ1) is 19.1. The number of anilines is 2. The molecule has 1 heterocycles. The molecule has 2 aromatic rings. The number of nitrogens with one attached hydrogen (secondary N) is 1. The number of carbonyl (C=O) groups is 2. The number of sulfonamides is 1. The Kier molecular flexibility index (Phi) is 10.3. The Balaban J connectivity index is 0.000000587. The van der Waals surface area contributed by atoms with E-state index in [1.165, 1.54) is 38.2 Å². The molecule has 1 saturated carbocycles. The van der Waals surface area contributed by atoms with Gasteiger partial charge in [-0.2, -0.15) is 13.2 Å². The molecule has 0 spiro atoms. The zero-order valence-corrected chi connectivity index (χ0v) is 24.1. The summed E-state index contributed by atoms with van der Waals surface area (Å²) in [6.07, 6.45) is 1.35. The van der Waals surface area contributed by atoms with E-state index >= 15 is 0 Å². The Morgan fingerprint density at radius 2 is 1.44 bits per heavy atom. The van der Waals surface area contributed by atoms with Crippen LogP contribution in [0.15, 0.2) is 35.2 Å². The lowest BCUT2D eigenvalue weighted by Crippen LogP contribution is -2.51. The highest BCUT2D eigenvalue weighted by molar-refractivity contribution is 7.92. The third-order valence-electron chi connectivity index (χ3n) is 7.35. The van der Waals surface area contributed by atoms with Gasteiger partial charge in [-0.1, -0.05) is 37.0 Å². The molecule has 41 heavy (non-hydrogen) atoms. The van der Waals surface area contributed by atoms with Crippen LogP contribution in [-0.2, 0) is 14.8 Å². The zero-order chi connectivity index (χ0) is 30.5. The van der Waals surface area contributed by atoms with E-state index < -0.39 is 28.1 Å². The van der Waals surface area contributed by atoms with Crippen molar-refractivity contribution in [1.82, 2.24) is 4.90 Å². The van der Waals surface area contributed by atoms with Gasteiger partial charge in [0.25, 0.3) is 10.0 Å². The normalized spacial score (nSPS) is 17.0. The lowest BCUT2D eigenvalue weighted by molar-refractivity contribution is -0.192. The van der Waals surface area contributed by atoms with Crippen molar-refractivity contribution in [3.63, 3.8) is 0 Å². The summed E-state index contributed by atoms with van der Waals surface area (Å²) in [5, 5.41) is 16.7. The van der Waals surface area contributed by atoms with E-state index in [-0.39, 0.29) is 10.5 Å². The third kappa shape index (κ3) is 8.35. The van der Waals surface area contributed by atoms with Crippen molar-refractivity contribution in [1.29, 1.82) is 0 Å². The maximum absolute atomic E-state index is 13.4. The number of nitrogens with zero attached hydrogens (tertiary/aromatic N) is 2. The van der Waals surface area contributed by atoms with Crippen LogP contribution < -0.4 is 9.62 Å². The van der Waals surface area contributed by atoms with Gasteiger partial charge in [-0.15, -0.1) is 0 Å². The van der Waals surface area contributed by atoms with E-state index in [0.717, 1.165) is 37.4 Å². The number of carboxylic acid groups (broad SMARTS) is 2. The number of aliphatic carboxylic acids is 1. The highest BCUT2D eigenvalue weighted by atomic mass is 32.2. The molecule has 2 fully saturated rings. The molecule has 9 nitrogen and oxygen atoms in total. The molecule has 2 aromatic carbocycles. The monoisotopic (exact) mass is 599 g/mol. The average Bonchev–Trinajstić information content (AvgIpc) is 2.88. The second-order valence-corrected chi connectivity index (χ2v) is 12.1. The van der Waals surface area contributed by atoms with Gasteiger partial charge in [-0.3, -0.25) is 9.62 Å². The maximum atomic E-state index is 13.4. The molecule has 0 amide bonds. The molecule has 1 aliphatic carbocycles. The number of alkyl halides is 3. The van der Waals surface area contributed by atoms with Crippen LogP contribution in [0.3, 0.4) is 0 Å². The Morgan fingerprint density at radius 3 is 1.93 bits per heavy atom. The van der Waals surface area contributed by atoms with Gasteiger partial charge >= 0.3 is 18.1 Å². The van der Waals surface area contributed by atoms with Crippen LogP contribution in [0, 0.1) is 20.8 Å². The Hall–Kier alpha value is -3.32. The van der Waals surface area contributed by atoms with Crippen molar-refractivity contribution in [3.05, 3.63) is 52.6 Å². The molecule has 3 N–H and O–H groups in total. The quantitative estimate of drug-likeness (QED) is 0.414. The molecule has 0 unspecified atom stereocenters. The van der Waals surface area contributed by atoms with Crippen molar-refractivity contribution >= 4 is 33.3 Å². The van der Waals surface area contributed by atoms with Crippen molar-refractivity contribution in [2.75, 3.05) is 35.8 Å². The number of rotatable bonds is 6. The van der Waals surface area contributed by atoms with Gasteiger partial charge in [0.15, 0.2) is 0 Å². The number of benzene rings is 2. The Bertz CT molecular complexity index is 1340. The van der Waals surface area contributed by atoms with E-state index in [0.29, 0.717) is 22.9 Å². The van der Waals surface area contributed by atoms with Gasteiger partial charge in [0, 0.05) is 32.2 Å². The van der Waals surface area contributed by atoms with Gasteiger partial charge in [-0.25, -0.2) is 18.0 Å². The van der Waals surface area contributed by atoms with E-state index in [9.17, 15) is 31.5 Å². The Labute approximate surface area is 238 Å². The molecular formula is C28H36F3N3O6S. The molecule has 0 bridgehead atoms. The number of hydrogen-bond acceptors (Lipinski definition) is 6. The van der Waals surface area contributed by atoms with E-state index in [2.05, 4.69) is 14.5 Å². The van der Waals surface area contributed by atoms with Gasteiger partial charge in [0.2, 0.25) is 0 Å². The molecule has 2 aliphatic rings. The number of hydrogen-bond donors (Lipinski definition) is 3. The molecule has 226 valence electrons. The topological polar surface area (TPSA) is 127 Å². The van der Waals surface area contributed by atoms with Crippen LogP contribution in [-0.4, -0.2) is 73.9 Å². The fraction of sp³-hybridized carbons (Fsp3) is 0.500. The number of aromatic carboxylic acids is 1. The van der Waals surface area contributed by atoms with Crippen molar-refractivity contribution in [2.24, 2.45) is 0 Å². The summed E-state index contributed by atoms with van der Waals surface area (Å²) in [6.45, 7) is 8.91. The predicted molar refractivity (Wildman–Crippen MR) is 149 cm³/mol. The van der Waals surface area contributed by atoms with Crippen molar-refractivity contribution < 1.29 is 41.4 Å². The number of aryl methyl sites for hydroxylation is 3. The molecule has 1 aliphatic heterocycles. The highest BCUT2D eigenvalue weighted by Crippen LogP contribution is 2.33. The predicted octanol–water partition coefficient (Wildman–Crippen LogP) is 5.20. The minimum atomic E-state index is -5.08. The minimum Gasteiger partial charge on any atom is -0.478 e. The molecule has 0 radical (unpaired) electrons. The van der Waals surface area contributed by atoms with Crippen LogP contribution in [0.1, 0.15) is 59.2 Å². The molecule has 4 rings (SSSR count). The smallest absolute Gasteiger partial charge is 0.478 e. The van der Waals surface area contributed by atoms with Gasteiger partial charge < -0.3 is 15.1 Å². The van der Waals surface area contributed by atoms with Crippen LogP contribution in [0.4, 0.5) is 24.5 Å². The third-order valence-corrected chi connectivity index (χ3v) is 9.02. The standard InChI is InChI=1S/C26H35N3O4S.C2HF3O2/c1-18-15-19(2)25(20(3)16-18)34(32,33)27-23-17-21(26(30)31)9-10-24(23)29-13-11-28(12-14-29)22-7-5-4-6-8-22;3-2(4,5)1(6)7/h9-10,15-17,22,27H,4-8,11-14H2,1-3H3,(H,30,31);(H,6,7). The van der Waals surface area contributed by atoms with E-state index in [1.807, 2.05) is 19.1 Å². The van der Waals surface area contributed by atoms with Crippen LogP contribution in [0.25, 0.3) is 0 Å². The van der Waals surface area contributed by atoms with Crippen LogP contribution in [0.5, 0.6) is 0 Å². The second-order valence-electron chi connectivity index (χ2n) is 10.5. The summed E-state index contributed by atoms with van der Waals surface area (Å²) < 4.78 is 61.3. The zero-order valence-electron chi connectivity index (χ0n) is 23.3. The largest absolute Gasteiger partial charge is 0.490 e. The second kappa shape index (κ2) is 13.1. The fourth-order valence-corrected chi connectivity index (χ4v) is 7.11. The molecule has 1 saturated heterocycles. The lowest BCUT2D eigenvalue weighted by atomic mass is 9.94. The number of halogens is 3. The van der Waals surface area contributed by atoms with Gasteiger partial charge in [0.1, 0.15) is 0 Å². The first-order valence-electron chi connectivity index (χ1n) is 13.4. The molecular weight excluding hydrogens is 563 g/mol. The minimum absolute atomic E-state index is 0.0552. The summed E-state index contributed by atoms with van der Waals surface area (Å²) in [7, 11) is -3.90. The molecule has 0 aromatic heterocycles. The van der Waals surface area contributed by atoms with Gasteiger partial charge in [0.05, 0.1) is 21.8 Å². The molecule has 0 atom stereocenters. The number of carboxylic acids is 2. The summed E-state index contributed by atoms with van der Waals surface area (Å²) in [5.41, 5.74) is 3.42. The fourth-order valence-electron chi connectivity index (χ4n) is 5.59. The highest BCUT2D eigenvalue weighted by Gasteiger charge is 2.38. The Morgan fingerprint density at radius 1 is 0.902 bits per heavy atom. The van der Waals surface area contributed by atoms with Crippen LogP contribution >= 0.6 is 0 Å². The molecule has 13 heteroatoms. The SMILES string of the molecule is Cc1cc(C)c(S(=O)(=O)Nc2cc(C(=O)O)ccc2N2CCN(C3CCCCC3)CC2)c(C)c1.O=C(O)C(F)(F)F.